The number of hydrogen-bond donors (Lipinski definition) is 3. The second-order valence-electron chi connectivity index (χ2n) is 9.44. The molecule has 4 aromatic rings. The van der Waals surface area contributed by atoms with E-state index < -0.39 is 0 Å². The van der Waals surface area contributed by atoms with Gasteiger partial charge in [-0.2, -0.15) is 0 Å². The Balaban J connectivity index is 1.63. The maximum Gasteiger partial charge on any atom is 0.253 e. The van der Waals surface area contributed by atoms with Crippen molar-refractivity contribution < 1.29 is 9.59 Å². The molecule has 0 aliphatic carbocycles. The summed E-state index contributed by atoms with van der Waals surface area (Å²) in [6, 6.07) is 19.1. The van der Waals surface area contributed by atoms with E-state index in [1.807, 2.05) is 60.7 Å². The molecule has 0 aliphatic heterocycles. The third kappa shape index (κ3) is 6.78. The fourth-order valence-electron chi connectivity index (χ4n) is 4.54. The summed E-state index contributed by atoms with van der Waals surface area (Å²) in [6.45, 7) is 3.23. The van der Waals surface area contributed by atoms with Crippen molar-refractivity contribution in [2.24, 2.45) is 16.5 Å². The molecule has 0 fully saturated rings. The van der Waals surface area contributed by atoms with Gasteiger partial charge in [0.15, 0.2) is 5.96 Å². The molecule has 2 amide bonds. The van der Waals surface area contributed by atoms with Gasteiger partial charge in [0.25, 0.3) is 5.91 Å². The van der Waals surface area contributed by atoms with E-state index in [1.165, 1.54) is 0 Å². The van der Waals surface area contributed by atoms with E-state index in [4.69, 9.17) is 16.5 Å². The lowest BCUT2D eigenvalue weighted by molar-refractivity contribution is -0.105. The number of carbonyl (C=O) groups excluding carboxylic acids is 2. The van der Waals surface area contributed by atoms with Crippen LogP contribution in [0.3, 0.4) is 0 Å². The number of aromatic nitrogens is 3. The van der Waals surface area contributed by atoms with Crippen molar-refractivity contribution in [2.75, 3.05) is 25.5 Å². The maximum atomic E-state index is 13.2. The van der Waals surface area contributed by atoms with Crippen LogP contribution in [-0.4, -0.2) is 57.8 Å². The SMILES string of the molecule is CC(CCCN=C(N)N)n1c(-c2ccc(NC=O)cc2)nc2cc(C(=O)N(C)CCc3ccccn3)ccc21. The van der Waals surface area contributed by atoms with Gasteiger partial charge in [0.1, 0.15) is 5.82 Å². The topological polar surface area (TPSA) is 145 Å². The van der Waals surface area contributed by atoms with Crippen molar-refractivity contribution in [2.45, 2.75) is 32.2 Å². The number of guanidine groups is 1. The number of nitrogens with zero attached hydrogens (tertiary/aromatic N) is 5. The van der Waals surface area contributed by atoms with Gasteiger partial charge in [-0.25, -0.2) is 4.98 Å². The van der Waals surface area contributed by atoms with Gasteiger partial charge in [0.2, 0.25) is 6.41 Å². The number of carbonyl (C=O) groups is 2. The first kappa shape index (κ1) is 27.3. The molecule has 10 heteroatoms. The third-order valence-electron chi connectivity index (χ3n) is 6.60. The van der Waals surface area contributed by atoms with Gasteiger partial charge in [0.05, 0.1) is 11.0 Å². The van der Waals surface area contributed by atoms with Gasteiger partial charge in [-0.1, -0.05) is 6.07 Å². The Morgan fingerprint density at radius 1 is 1.15 bits per heavy atom. The van der Waals surface area contributed by atoms with Crippen molar-refractivity contribution in [3.05, 3.63) is 78.1 Å². The number of likely N-dealkylation sites (N-methyl/N-ethyl adjacent to an activating group) is 1. The van der Waals surface area contributed by atoms with Crippen LogP contribution in [0, 0.1) is 0 Å². The van der Waals surface area contributed by atoms with Gasteiger partial charge in [0, 0.05) is 61.3 Å². The van der Waals surface area contributed by atoms with Gasteiger partial charge in [-0.3, -0.25) is 19.6 Å². The van der Waals surface area contributed by atoms with Gasteiger partial charge in [-0.15, -0.1) is 0 Å². The summed E-state index contributed by atoms with van der Waals surface area (Å²) >= 11 is 0. The van der Waals surface area contributed by atoms with Crippen LogP contribution in [-0.2, 0) is 11.2 Å². The number of hydrogen-bond acceptors (Lipinski definition) is 5. The van der Waals surface area contributed by atoms with Crippen molar-refractivity contribution >= 4 is 35.0 Å². The zero-order chi connectivity index (χ0) is 27.8. The summed E-state index contributed by atoms with van der Waals surface area (Å²) in [5.74, 6) is 0.797. The minimum Gasteiger partial charge on any atom is -0.370 e. The lowest BCUT2D eigenvalue weighted by Gasteiger charge is -2.18. The Labute approximate surface area is 227 Å². The summed E-state index contributed by atoms with van der Waals surface area (Å²) < 4.78 is 2.19. The third-order valence-corrected chi connectivity index (χ3v) is 6.60. The number of anilines is 1. The highest BCUT2D eigenvalue weighted by Gasteiger charge is 2.20. The minimum absolute atomic E-state index is 0.0708. The van der Waals surface area contributed by atoms with Gasteiger partial charge < -0.3 is 26.3 Å². The Bertz CT molecular complexity index is 1440. The predicted octanol–water partition coefficient (Wildman–Crippen LogP) is 3.60. The van der Waals surface area contributed by atoms with E-state index in [9.17, 15) is 9.59 Å². The molecule has 0 radical (unpaired) electrons. The molecule has 0 aliphatic rings. The lowest BCUT2D eigenvalue weighted by Crippen LogP contribution is -2.29. The number of amides is 2. The standard InChI is InChI=1S/C29H34N8O2/c1-20(6-5-16-33-29(30)31)37-26-13-10-22(28(39)36(2)17-14-23-7-3-4-15-32-23)18-25(26)35-27(37)21-8-11-24(12-9-21)34-19-38/h3-4,7-13,15,18-20H,5-6,14,16-17H2,1-2H3,(H,34,38)(H4,30,31,33). The average molecular weight is 527 g/mol. The highest BCUT2D eigenvalue weighted by molar-refractivity contribution is 5.97. The molecule has 39 heavy (non-hydrogen) atoms. The first-order chi connectivity index (χ1) is 18.9. The van der Waals surface area contributed by atoms with Crippen LogP contribution >= 0.6 is 0 Å². The Morgan fingerprint density at radius 2 is 1.95 bits per heavy atom. The summed E-state index contributed by atoms with van der Waals surface area (Å²) in [5.41, 5.74) is 15.7. The summed E-state index contributed by atoms with van der Waals surface area (Å²) in [5, 5.41) is 2.66. The molecule has 10 nitrogen and oxygen atoms in total. The number of aliphatic imine (C=N–C) groups is 1. The summed E-state index contributed by atoms with van der Waals surface area (Å²) in [4.78, 5) is 39.2. The molecule has 1 atom stereocenters. The van der Waals surface area contributed by atoms with Crippen molar-refractivity contribution in [3.63, 3.8) is 0 Å². The van der Waals surface area contributed by atoms with Crippen molar-refractivity contribution in [1.82, 2.24) is 19.4 Å². The Kier molecular flexibility index (Phi) is 8.88. The van der Waals surface area contributed by atoms with Crippen LogP contribution in [0.25, 0.3) is 22.4 Å². The normalized spacial score (nSPS) is 11.6. The zero-order valence-electron chi connectivity index (χ0n) is 22.2. The average Bonchev–Trinajstić information content (AvgIpc) is 3.33. The van der Waals surface area contributed by atoms with Crippen LogP contribution in [0.1, 0.15) is 41.9 Å². The molecule has 0 bridgehead atoms. The number of pyridine rings is 1. The molecule has 0 spiro atoms. The van der Waals surface area contributed by atoms with E-state index >= 15 is 0 Å². The molecular weight excluding hydrogens is 492 g/mol. The fraction of sp³-hybridized carbons (Fsp3) is 0.276. The van der Waals surface area contributed by atoms with Crippen LogP contribution in [0.2, 0.25) is 0 Å². The summed E-state index contributed by atoms with van der Waals surface area (Å²) in [6.07, 6.45) is 4.72. The number of fused-ring (bicyclic) bond motifs is 1. The zero-order valence-corrected chi connectivity index (χ0v) is 22.2. The molecule has 4 rings (SSSR count). The smallest absolute Gasteiger partial charge is 0.253 e. The molecular formula is C29H34N8O2. The summed E-state index contributed by atoms with van der Waals surface area (Å²) in [7, 11) is 1.80. The van der Waals surface area contributed by atoms with Crippen LogP contribution in [0.4, 0.5) is 5.69 Å². The second kappa shape index (κ2) is 12.7. The predicted molar refractivity (Wildman–Crippen MR) is 154 cm³/mol. The first-order valence-electron chi connectivity index (χ1n) is 12.9. The van der Waals surface area contributed by atoms with Crippen LogP contribution in [0.5, 0.6) is 0 Å². The van der Waals surface area contributed by atoms with E-state index in [1.54, 1.807) is 18.1 Å². The largest absolute Gasteiger partial charge is 0.370 e. The molecule has 5 N–H and O–H groups in total. The highest BCUT2D eigenvalue weighted by Crippen LogP contribution is 2.31. The van der Waals surface area contributed by atoms with Crippen molar-refractivity contribution in [1.29, 1.82) is 0 Å². The molecule has 2 aromatic carbocycles. The first-order valence-corrected chi connectivity index (χ1v) is 12.9. The van der Waals surface area contributed by atoms with Crippen LogP contribution in [0.15, 0.2) is 71.9 Å². The molecule has 2 heterocycles. The quantitative estimate of drug-likeness (QED) is 0.111. The highest BCUT2D eigenvalue weighted by atomic mass is 16.2. The van der Waals surface area contributed by atoms with E-state index in [0.717, 1.165) is 41.0 Å². The minimum atomic E-state index is -0.0708. The molecule has 1 unspecified atom stereocenters. The lowest BCUT2D eigenvalue weighted by atomic mass is 10.1. The monoisotopic (exact) mass is 526 g/mol. The molecule has 2 aromatic heterocycles. The second-order valence-corrected chi connectivity index (χ2v) is 9.44. The molecule has 0 saturated carbocycles. The fourth-order valence-corrected chi connectivity index (χ4v) is 4.54. The van der Waals surface area contributed by atoms with Crippen LogP contribution < -0.4 is 16.8 Å². The maximum absolute atomic E-state index is 13.2. The van der Waals surface area contributed by atoms with Crippen molar-refractivity contribution in [3.8, 4) is 11.4 Å². The van der Waals surface area contributed by atoms with Gasteiger partial charge in [-0.05, 0) is 74.4 Å². The number of imidazole rings is 1. The van der Waals surface area contributed by atoms with E-state index in [2.05, 4.69) is 26.8 Å². The Hall–Kier alpha value is -4.73. The molecule has 202 valence electrons. The number of rotatable bonds is 12. The molecule has 0 saturated heterocycles. The van der Waals surface area contributed by atoms with Gasteiger partial charge >= 0.3 is 0 Å². The number of nitrogens with one attached hydrogen (secondary N) is 1. The Morgan fingerprint density at radius 3 is 2.64 bits per heavy atom. The van der Waals surface area contributed by atoms with E-state index in [-0.39, 0.29) is 17.9 Å². The van der Waals surface area contributed by atoms with E-state index in [0.29, 0.717) is 37.2 Å². The number of benzene rings is 2. The number of nitrogens with two attached hydrogens (primary N) is 2.